The van der Waals surface area contributed by atoms with E-state index in [1.807, 2.05) is 6.07 Å². The number of anilines is 1. The summed E-state index contributed by atoms with van der Waals surface area (Å²) < 4.78 is 0. The van der Waals surface area contributed by atoms with Gasteiger partial charge >= 0.3 is 0 Å². The lowest BCUT2D eigenvalue weighted by molar-refractivity contribution is -0.914. The topological polar surface area (TPSA) is 50.8 Å². The SMILES string of the molecule is Cc1cccc(N2CC[NH+](Cc3ccc(Cl)c([N+](=O)[O-])c3)CC2)c1C. The first kappa shape index (κ1) is 17.7. The Morgan fingerprint density at radius 2 is 1.92 bits per heavy atom. The lowest BCUT2D eigenvalue weighted by Crippen LogP contribution is -3.13. The highest BCUT2D eigenvalue weighted by molar-refractivity contribution is 6.32. The molecule has 132 valence electrons. The number of nitrogens with zero attached hydrogens (tertiary/aromatic N) is 2. The van der Waals surface area contributed by atoms with E-state index < -0.39 is 4.92 Å². The van der Waals surface area contributed by atoms with Crippen LogP contribution < -0.4 is 9.80 Å². The molecule has 0 aliphatic carbocycles. The van der Waals surface area contributed by atoms with Crippen LogP contribution in [0.25, 0.3) is 0 Å². The molecule has 0 aromatic heterocycles. The molecular formula is C19H23ClN3O2+. The first-order valence-electron chi connectivity index (χ1n) is 8.53. The maximum Gasteiger partial charge on any atom is 0.288 e. The molecule has 1 aliphatic heterocycles. The van der Waals surface area contributed by atoms with Crippen LogP contribution >= 0.6 is 11.6 Å². The molecule has 0 saturated carbocycles. The van der Waals surface area contributed by atoms with E-state index in [0.717, 1.165) is 38.3 Å². The van der Waals surface area contributed by atoms with E-state index in [1.54, 1.807) is 12.1 Å². The second kappa shape index (κ2) is 7.42. The number of hydrogen-bond acceptors (Lipinski definition) is 3. The summed E-state index contributed by atoms with van der Waals surface area (Å²) >= 11 is 5.89. The molecule has 3 rings (SSSR count). The second-order valence-corrected chi connectivity index (χ2v) is 7.08. The minimum Gasteiger partial charge on any atom is -0.360 e. The first-order valence-corrected chi connectivity index (χ1v) is 8.91. The summed E-state index contributed by atoms with van der Waals surface area (Å²) in [5.41, 5.74) is 4.94. The average molecular weight is 361 g/mol. The third kappa shape index (κ3) is 3.94. The number of quaternary nitrogens is 1. The number of nitro benzene ring substituents is 1. The van der Waals surface area contributed by atoms with Crippen LogP contribution in [0, 0.1) is 24.0 Å². The van der Waals surface area contributed by atoms with E-state index >= 15 is 0 Å². The van der Waals surface area contributed by atoms with Gasteiger partial charge in [-0.1, -0.05) is 29.8 Å². The number of benzene rings is 2. The Morgan fingerprint density at radius 3 is 2.60 bits per heavy atom. The summed E-state index contributed by atoms with van der Waals surface area (Å²) in [5, 5.41) is 11.2. The Bertz CT molecular complexity index is 786. The van der Waals surface area contributed by atoms with Crippen molar-refractivity contribution in [3.05, 3.63) is 68.2 Å². The summed E-state index contributed by atoms with van der Waals surface area (Å²) in [6, 6.07) is 11.6. The van der Waals surface area contributed by atoms with Crippen LogP contribution in [0.1, 0.15) is 16.7 Å². The number of nitro groups is 1. The lowest BCUT2D eigenvalue weighted by atomic mass is 10.1. The Balaban J connectivity index is 1.64. The molecule has 0 unspecified atom stereocenters. The zero-order valence-corrected chi connectivity index (χ0v) is 15.3. The maximum absolute atomic E-state index is 11.0. The number of nitrogens with one attached hydrogen (secondary N) is 1. The molecular weight excluding hydrogens is 338 g/mol. The lowest BCUT2D eigenvalue weighted by Gasteiger charge is -2.34. The van der Waals surface area contributed by atoms with Crippen molar-refractivity contribution in [2.75, 3.05) is 31.1 Å². The van der Waals surface area contributed by atoms with Crippen LogP contribution in [-0.2, 0) is 6.54 Å². The number of halogens is 1. The summed E-state index contributed by atoms with van der Waals surface area (Å²) in [6.45, 7) is 9.14. The summed E-state index contributed by atoms with van der Waals surface area (Å²) in [7, 11) is 0. The van der Waals surface area contributed by atoms with Gasteiger partial charge in [-0.3, -0.25) is 10.1 Å². The van der Waals surface area contributed by atoms with E-state index in [2.05, 4.69) is 36.9 Å². The van der Waals surface area contributed by atoms with E-state index in [0.29, 0.717) is 0 Å². The van der Waals surface area contributed by atoms with Gasteiger partial charge in [-0.25, -0.2) is 0 Å². The van der Waals surface area contributed by atoms with Gasteiger partial charge in [-0.05, 0) is 37.1 Å². The fourth-order valence-electron chi connectivity index (χ4n) is 3.42. The van der Waals surface area contributed by atoms with Crippen molar-refractivity contribution in [3.63, 3.8) is 0 Å². The molecule has 1 N–H and O–H groups in total. The second-order valence-electron chi connectivity index (χ2n) is 6.68. The molecule has 1 fully saturated rings. The monoisotopic (exact) mass is 360 g/mol. The highest BCUT2D eigenvalue weighted by Crippen LogP contribution is 2.25. The predicted octanol–water partition coefficient (Wildman–Crippen LogP) is 2.77. The van der Waals surface area contributed by atoms with Crippen LogP contribution in [0.15, 0.2) is 36.4 Å². The zero-order chi connectivity index (χ0) is 18.0. The Kier molecular flexibility index (Phi) is 5.25. The molecule has 1 aliphatic rings. The van der Waals surface area contributed by atoms with Crippen molar-refractivity contribution in [2.24, 2.45) is 0 Å². The highest BCUT2D eigenvalue weighted by atomic mass is 35.5. The van der Waals surface area contributed by atoms with Crippen LogP contribution in [0.5, 0.6) is 0 Å². The predicted molar refractivity (Wildman–Crippen MR) is 101 cm³/mol. The number of rotatable bonds is 4. The number of piperazine rings is 1. The van der Waals surface area contributed by atoms with Crippen molar-refractivity contribution in [1.82, 2.24) is 0 Å². The molecule has 6 heteroatoms. The minimum absolute atomic E-state index is 0.00686. The summed E-state index contributed by atoms with van der Waals surface area (Å²) in [6.07, 6.45) is 0. The number of aryl methyl sites for hydroxylation is 1. The normalized spacial score (nSPS) is 15.4. The van der Waals surface area contributed by atoms with Gasteiger partial charge < -0.3 is 9.80 Å². The van der Waals surface area contributed by atoms with Crippen molar-refractivity contribution < 1.29 is 9.82 Å². The van der Waals surface area contributed by atoms with Gasteiger partial charge in [-0.2, -0.15) is 0 Å². The molecule has 0 atom stereocenters. The third-order valence-corrected chi connectivity index (χ3v) is 5.37. The summed E-state index contributed by atoms with van der Waals surface area (Å²) in [4.78, 5) is 14.5. The minimum atomic E-state index is -0.417. The molecule has 0 bridgehead atoms. The summed E-state index contributed by atoms with van der Waals surface area (Å²) in [5.74, 6) is 0. The molecule has 0 radical (unpaired) electrons. The van der Waals surface area contributed by atoms with Gasteiger partial charge in [0.05, 0.1) is 31.1 Å². The highest BCUT2D eigenvalue weighted by Gasteiger charge is 2.22. The van der Waals surface area contributed by atoms with Gasteiger partial charge in [0.2, 0.25) is 0 Å². The van der Waals surface area contributed by atoms with Crippen molar-refractivity contribution in [1.29, 1.82) is 0 Å². The van der Waals surface area contributed by atoms with Crippen molar-refractivity contribution in [3.8, 4) is 0 Å². The van der Waals surface area contributed by atoms with E-state index in [4.69, 9.17) is 11.6 Å². The van der Waals surface area contributed by atoms with Crippen LogP contribution in [0.2, 0.25) is 5.02 Å². The first-order chi connectivity index (χ1) is 12.0. The largest absolute Gasteiger partial charge is 0.360 e. The Hall–Kier alpha value is -2.11. The number of hydrogen-bond donors (Lipinski definition) is 1. The third-order valence-electron chi connectivity index (χ3n) is 5.05. The van der Waals surface area contributed by atoms with Crippen LogP contribution in [-0.4, -0.2) is 31.1 Å². The van der Waals surface area contributed by atoms with Crippen LogP contribution in [0.3, 0.4) is 0 Å². The molecule has 2 aromatic carbocycles. The van der Waals surface area contributed by atoms with Crippen molar-refractivity contribution in [2.45, 2.75) is 20.4 Å². The molecule has 1 heterocycles. The van der Waals surface area contributed by atoms with Gasteiger partial charge in [0.1, 0.15) is 11.6 Å². The molecule has 1 saturated heterocycles. The van der Waals surface area contributed by atoms with Gasteiger partial charge in [0.15, 0.2) is 0 Å². The standard InChI is InChI=1S/C19H22ClN3O2/c1-14-4-3-5-18(15(14)2)22-10-8-21(9-11-22)13-16-6-7-17(20)19(12-16)23(24)25/h3-7,12H,8-11,13H2,1-2H3/p+1. The Morgan fingerprint density at radius 1 is 1.20 bits per heavy atom. The zero-order valence-electron chi connectivity index (χ0n) is 14.6. The maximum atomic E-state index is 11.0. The Labute approximate surface area is 153 Å². The van der Waals surface area contributed by atoms with E-state index in [9.17, 15) is 10.1 Å². The fourth-order valence-corrected chi connectivity index (χ4v) is 3.60. The molecule has 5 nitrogen and oxygen atoms in total. The molecule has 0 amide bonds. The quantitative estimate of drug-likeness (QED) is 0.673. The van der Waals surface area contributed by atoms with Gasteiger partial charge in [0, 0.05) is 17.3 Å². The average Bonchev–Trinajstić information content (AvgIpc) is 2.60. The fraction of sp³-hybridized carbons (Fsp3) is 0.368. The van der Waals surface area contributed by atoms with Gasteiger partial charge in [-0.15, -0.1) is 0 Å². The van der Waals surface area contributed by atoms with E-state index in [-0.39, 0.29) is 10.7 Å². The van der Waals surface area contributed by atoms with E-state index in [1.165, 1.54) is 21.7 Å². The van der Waals surface area contributed by atoms with Crippen LogP contribution in [0.4, 0.5) is 11.4 Å². The molecule has 25 heavy (non-hydrogen) atoms. The molecule has 0 spiro atoms. The van der Waals surface area contributed by atoms with Gasteiger partial charge in [0.25, 0.3) is 5.69 Å². The smallest absolute Gasteiger partial charge is 0.288 e. The van der Waals surface area contributed by atoms with Crippen molar-refractivity contribution >= 4 is 23.0 Å². The molecule has 2 aromatic rings.